The van der Waals surface area contributed by atoms with Crippen LogP contribution in [0.3, 0.4) is 0 Å². The van der Waals surface area contributed by atoms with Crippen LogP contribution in [-0.4, -0.2) is 27.1 Å². The highest BCUT2D eigenvalue weighted by Crippen LogP contribution is 2.33. The van der Waals surface area contributed by atoms with Gasteiger partial charge in [-0.05, 0) is 41.4 Å². The molecule has 0 spiro atoms. The van der Waals surface area contributed by atoms with Gasteiger partial charge in [0.25, 0.3) is 0 Å². The van der Waals surface area contributed by atoms with Crippen molar-refractivity contribution in [1.82, 2.24) is 0 Å². The van der Waals surface area contributed by atoms with Gasteiger partial charge < -0.3 is 14.3 Å². The van der Waals surface area contributed by atoms with Crippen molar-refractivity contribution in [2.75, 3.05) is 13.7 Å². The highest BCUT2D eigenvalue weighted by molar-refractivity contribution is 6.73. The molecule has 136 valence electrons. The Balaban J connectivity index is 2.39. The lowest BCUT2D eigenvalue weighted by Crippen LogP contribution is -2.43. The second kappa shape index (κ2) is 8.65. The van der Waals surface area contributed by atoms with Crippen LogP contribution in [0, 0.1) is 0 Å². The van der Waals surface area contributed by atoms with Gasteiger partial charge in [-0.2, -0.15) is 0 Å². The molecule has 2 aromatic rings. The fourth-order valence-corrected chi connectivity index (χ4v) is 5.86. The lowest BCUT2D eigenvalue weighted by molar-refractivity contribution is 0.0231. The Hall–Kier alpha value is -1.62. The first kappa shape index (κ1) is 19.7. The molecule has 0 fully saturated rings. The molecule has 0 aliphatic carbocycles. The van der Waals surface area contributed by atoms with Crippen molar-refractivity contribution in [3.8, 4) is 5.75 Å². The van der Waals surface area contributed by atoms with Gasteiger partial charge in [-0.25, -0.2) is 0 Å². The molecule has 25 heavy (non-hydrogen) atoms. The normalized spacial score (nSPS) is 14.1. The van der Waals surface area contributed by atoms with Crippen LogP contribution in [0.2, 0.25) is 18.1 Å². The molecule has 2 aromatic carbocycles. The van der Waals surface area contributed by atoms with Crippen molar-refractivity contribution in [2.24, 2.45) is 0 Å². The minimum absolute atomic E-state index is 0.283. The lowest BCUT2D eigenvalue weighted by atomic mass is 9.87. The fourth-order valence-electron chi connectivity index (χ4n) is 3.23. The maximum absolute atomic E-state index is 11.6. The van der Waals surface area contributed by atoms with Gasteiger partial charge in [-0.3, -0.25) is 0 Å². The molecule has 0 unspecified atom stereocenters. The largest absolute Gasteiger partial charge is 0.497 e. The van der Waals surface area contributed by atoms with Crippen molar-refractivity contribution in [3.05, 3.63) is 65.7 Å². The topological polar surface area (TPSA) is 38.7 Å². The van der Waals surface area contributed by atoms with Crippen LogP contribution in [0.1, 0.15) is 31.9 Å². The summed E-state index contributed by atoms with van der Waals surface area (Å²) in [5, 5.41) is 11.6. The quantitative estimate of drug-likeness (QED) is 0.644. The molecule has 1 atom stereocenters. The molecule has 0 saturated carbocycles. The van der Waals surface area contributed by atoms with Crippen LogP contribution in [0.5, 0.6) is 5.75 Å². The average molecular weight is 359 g/mol. The number of hydrogen-bond acceptors (Lipinski definition) is 3. The molecule has 1 N–H and O–H groups in total. The Morgan fingerprint density at radius 3 is 1.84 bits per heavy atom. The molecule has 3 nitrogen and oxygen atoms in total. The predicted octanol–water partition coefficient (Wildman–Crippen LogP) is 4.95. The monoisotopic (exact) mass is 358 g/mol. The van der Waals surface area contributed by atoms with Gasteiger partial charge >= 0.3 is 0 Å². The summed E-state index contributed by atoms with van der Waals surface area (Å²) >= 11 is 0. The van der Waals surface area contributed by atoms with Gasteiger partial charge in [0.05, 0.1) is 13.7 Å². The highest BCUT2D eigenvalue weighted by atomic mass is 28.4. The Labute approximate surface area is 152 Å². The van der Waals surface area contributed by atoms with E-state index in [0.29, 0.717) is 0 Å². The molecule has 0 aliphatic heterocycles. The second-order valence-corrected chi connectivity index (χ2v) is 11.3. The zero-order chi connectivity index (χ0) is 18.3. The van der Waals surface area contributed by atoms with E-state index in [9.17, 15) is 5.11 Å². The maximum Gasteiger partial charge on any atom is 0.192 e. The van der Waals surface area contributed by atoms with E-state index in [4.69, 9.17) is 9.16 Å². The standard InChI is InChI=1S/C21H30O3Si/c1-5-25(6-2,7-3)24-17-21(22,18-11-9-8-10-12-18)19-13-15-20(23-4)16-14-19/h8-16,22H,5-7,17H2,1-4H3/t21-/m0/s1. The van der Waals surface area contributed by atoms with E-state index in [1.54, 1.807) is 7.11 Å². The molecule has 0 aromatic heterocycles. The van der Waals surface area contributed by atoms with Gasteiger partial charge in [0.15, 0.2) is 8.32 Å². The van der Waals surface area contributed by atoms with E-state index >= 15 is 0 Å². The van der Waals surface area contributed by atoms with Gasteiger partial charge in [0.2, 0.25) is 0 Å². The Morgan fingerprint density at radius 2 is 1.36 bits per heavy atom. The summed E-state index contributed by atoms with van der Waals surface area (Å²) in [6.07, 6.45) is 0. The first-order valence-corrected chi connectivity index (χ1v) is 11.6. The van der Waals surface area contributed by atoms with Crippen molar-refractivity contribution < 1.29 is 14.3 Å². The summed E-state index contributed by atoms with van der Waals surface area (Å²) in [4.78, 5) is 0. The van der Waals surface area contributed by atoms with Crippen molar-refractivity contribution in [1.29, 1.82) is 0 Å². The van der Waals surface area contributed by atoms with Crippen LogP contribution < -0.4 is 4.74 Å². The van der Waals surface area contributed by atoms with Gasteiger partial charge in [-0.1, -0.05) is 63.2 Å². The molecular formula is C21H30O3Si. The van der Waals surface area contributed by atoms with Crippen LogP contribution in [0.4, 0.5) is 0 Å². The third kappa shape index (κ3) is 4.32. The molecule has 4 heteroatoms. The number of ether oxygens (including phenoxy) is 1. The van der Waals surface area contributed by atoms with Crippen molar-refractivity contribution >= 4 is 8.32 Å². The van der Waals surface area contributed by atoms with Gasteiger partial charge in [0.1, 0.15) is 11.4 Å². The fraction of sp³-hybridized carbons (Fsp3) is 0.429. The summed E-state index contributed by atoms with van der Waals surface area (Å²) in [6, 6.07) is 20.6. The minimum Gasteiger partial charge on any atom is -0.497 e. The first-order valence-electron chi connectivity index (χ1n) is 9.10. The average Bonchev–Trinajstić information content (AvgIpc) is 2.70. The number of rotatable bonds is 9. The molecule has 0 heterocycles. The summed E-state index contributed by atoms with van der Waals surface area (Å²) in [5.74, 6) is 0.777. The number of hydrogen-bond donors (Lipinski definition) is 1. The summed E-state index contributed by atoms with van der Waals surface area (Å²) in [7, 11) is -0.151. The molecule has 2 rings (SSSR count). The van der Waals surface area contributed by atoms with E-state index in [1.165, 1.54) is 0 Å². The van der Waals surface area contributed by atoms with Gasteiger partial charge in [-0.15, -0.1) is 0 Å². The minimum atomic E-state index is -1.80. The van der Waals surface area contributed by atoms with Crippen LogP contribution in [0.25, 0.3) is 0 Å². The van der Waals surface area contributed by atoms with E-state index in [0.717, 1.165) is 35.0 Å². The third-order valence-corrected chi connectivity index (χ3v) is 9.96. The third-order valence-electron chi connectivity index (χ3n) is 5.34. The molecule has 0 bridgehead atoms. The second-order valence-electron chi connectivity index (χ2n) is 6.49. The summed E-state index contributed by atoms with van der Waals surface area (Å²) < 4.78 is 11.7. The first-order chi connectivity index (χ1) is 12.0. The lowest BCUT2D eigenvalue weighted by Gasteiger charge is -2.35. The maximum atomic E-state index is 11.6. The van der Waals surface area contributed by atoms with Crippen LogP contribution in [-0.2, 0) is 10.0 Å². The number of aliphatic hydroxyl groups is 1. The SMILES string of the molecule is CC[Si](CC)(CC)OC[C@](O)(c1ccccc1)c1ccc(OC)cc1. The van der Waals surface area contributed by atoms with Gasteiger partial charge in [0, 0.05) is 0 Å². The predicted molar refractivity (Wildman–Crippen MR) is 106 cm³/mol. The molecule has 0 amide bonds. The van der Waals surface area contributed by atoms with Crippen LogP contribution in [0.15, 0.2) is 54.6 Å². The highest BCUT2D eigenvalue weighted by Gasteiger charge is 2.37. The molecule has 0 saturated heterocycles. The Morgan fingerprint density at radius 1 is 0.840 bits per heavy atom. The zero-order valence-corrected chi connectivity index (χ0v) is 16.8. The van der Waals surface area contributed by atoms with Crippen molar-refractivity contribution in [3.63, 3.8) is 0 Å². The van der Waals surface area contributed by atoms with E-state index < -0.39 is 13.9 Å². The smallest absolute Gasteiger partial charge is 0.192 e. The van der Waals surface area contributed by atoms with Crippen molar-refractivity contribution in [2.45, 2.75) is 44.5 Å². The van der Waals surface area contributed by atoms with E-state index in [-0.39, 0.29) is 6.61 Å². The molecule has 0 aliphatic rings. The number of methoxy groups -OCH3 is 1. The Kier molecular flexibility index (Phi) is 6.82. The molecular weight excluding hydrogens is 328 g/mol. The summed E-state index contributed by atoms with van der Waals surface area (Å²) in [5.41, 5.74) is 0.516. The molecule has 0 radical (unpaired) electrons. The van der Waals surface area contributed by atoms with E-state index in [2.05, 4.69) is 20.8 Å². The number of benzene rings is 2. The van der Waals surface area contributed by atoms with Crippen LogP contribution >= 0.6 is 0 Å². The summed E-state index contributed by atoms with van der Waals surface area (Å²) in [6.45, 7) is 6.89. The van der Waals surface area contributed by atoms with E-state index in [1.807, 2.05) is 54.6 Å². The Bertz CT molecular complexity index is 630. The zero-order valence-electron chi connectivity index (χ0n) is 15.8.